The average molecular weight is 504 g/mol. The summed E-state index contributed by atoms with van der Waals surface area (Å²) in [6, 6.07) is 11.1. The van der Waals surface area contributed by atoms with Crippen LogP contribution < -0.4 is 4.74 Å². The standard InChI is InChI=1S/C32H45N3O2/c1-2-3-19-28(22-29(23-33)32(36)37-30-20-11-8-12-21-30)31-34-24-27(25-35-31)18-10-7-5-4-6-9-15-26-16-13-14-17-26/h8,11-12,20-21,24-26,28-29H,2-7,9-10,13-19,22H2,1H3. The Kier molecular flexibility index (Phi) is 13.2. The van der Waals surface area contributed by atoms with Crippen LogP contribution in [0, 0.1) is 23.2 Å². The minimum Gasteiger partial charge on any atom is -0.426 e. The van der Waals surface area contributed by atoms with Crippen LogP contribution in [-0.2, 0) is 11.2 Å². The van der Waals surface area contributed by atoms with E-state index in [2.05, 4.69) is 23.0 Å². The number of hydrogen-bond acceptors (Lipinski definition) is 5. The van der Waals surface area contributed by atoms with Crippen molar-refractivity contribution < 1.29 is 9.53 Å². The first-order valence-corrected chi connectivity index (χ1v) is 14.7. The number of aromatic nitrogens is 2. The second-order valence-corrected chi connectivity index (χ2v) is 10.8. The van der Waals surface area contributed by atoms with Crippen molar-refractivity contribution in [2.75, 3.05) is 0 Å². The average Bonchev–Trinajstić information content (AvgIpc) is 3.45. The van der Waals surface area contributed by atoms with Crippen molar-refractivity contribution in [1.29, 1.82) is 5.26 Å². The van der Waals surface area contributed by atoms with Crippen molar-refractivity contribution in [1.82, 2.24) is 9.97 Å². The van der Waals surface area contributed by atoms with Gasteiger partial charge in [0.15, 0.2) is 0 Å². The number of para-hydroxylation sites is 1. The van der Waals surface area contributed by atoms with Crippen molar-refractivity contribution in [3.63, 3.8) is 0 Å². The summed E-state index contributed by atoms with van der Waals surface area (Å²) in [5.74, 6) is 0.827. The Hall–Kier alpha value is -2.74. The normalized spacial score (nSPS) is 15.2. The summed E-state index contributed by atoms with van der Waals surface area (Å²) < 4.78 is 5.43. The van der Waals surface area contributed by atoms with Gasteiger partial charge in [0.25, 0.3) is 0 Å². The van der Waals surface area contributed by atoms with Gasteiger partial charge in [0.1, 0.15) is 17.5 Å². The number of nitriles is 1. The molecule has 0 spiro atoms. The minimum absolute atomic E-state index is 0.0359. The maximum atomic E-state index is 12.6. The van der Waals surface area contributed by atoms with Crippen LogP contribution in [0.15, 0.2) is 42.7 Å². The largest absolute Gasteiger partial charge is 0.426 e. The van der Waals surface area contributed by atoms with Crippen molar-refractivity contribution in [3.8, 4) is 11.8 Å². The topological polar surface area (TPSA) is 75.9 Å². The first-order valence-electron chi connectivity index (χ1n) is 14.7. The van der Waals surface area contributed by atoms with Crippen LogP contribution in [0.5, 0.6) is 5.75 Å². The number of ether oxygens (including phenoxy) is 1. The highest BCUT2D eigenvalue weighted by Gasteiger charge is 2.27. The molecular formula is C32H45N3O2. The predicted molar refractivity (Wildman–Crippen MR) is 148 cm³/mol. The summed E-state index contributed by atoms with van der Waals surface area (Å²) in [5.41, 5.74) is 1.17. The van der Waals surface area contributed by atoms with Gasteiger partial charge in [-0.1, -0.05) is 102 Å². The molecule has 0 aliphatic heterocycles. The van der Waals surface area contributed by atoms with Crippen LogP contribution in [-0.4, -0.2) is 15.9 Å². The number of aryl methyl sites for hydroxylation is 1. The smallest absolute Gasteiger partial charge is 0.328 e. The Morgan fingerprint density at radius 1 is 1.00 bits per heavy atom. The van der Waals surface area contributed by atoms with Crippen LogP contribution in [0.2, 0.25) is 0 Å². The summed E-state index contributed by atoms with van der Waals surface area (Å²) >= 11 is 0. The number of hydrogen-bond donors (Lipinski definition) is 0. The molecule has 0 bridgehead atoms. The molecule has 0 saturated heterocycles. The molecule has 0 amide bonds. The second-order valence-electron chi connectivity index (χ2n) is 10.8. The molecule has 1 fully saturated rings. The third-order valence-electron chi connectivity index (χ3n) is 7.72. The fourth-order valence-electron chi connectivity index (χ4n) is 5.44. The fraction of sp³-hybridized carbons (Fsp3) is 0.625. The van der Waals surface area contributed by atoms with Crippen LogP contribution in [0.3, 0.4) is 0 Å². The summed E-state index contributed by atoms with van der Waals surface area (Å²) in [6.45, 7) is 2.14. The van der Waals surface area contributed by atoms with Crippen LogP contribution in [0.4, 0.5) is 0 Å². The van der Waals surface area contributed by atoms with Gasteiger partial charge >= 0.3 is 5.97 Å². The molecule has 0 radical (unpaired) electrons. The first-order chi connectivity index (χ1) is 18.2. The summed E-state index contributed by atoms with van der Waals surface area (Å²) in [6.07, 6.45) is 23.4. The molecule has 1 aromatic carbocycles. The summed E-state index contributed by atoms with van der Waals surface area (Å²) in [5, 5.41) is 9.69. The third-order valence-corrected chi connectivity index (χ3v) is 7.72. The highest BCUT2D eigenvalue weighted by molar-refractivity contribution is 5.77. The number of benzene rings is 1. The number of rotatable bonds is 17. The van der Waals surface area contributed by atoms with Crippen LogP contribution in [0.1, 0.15) is 121 Å². The van der Waals surface area contributed by atoms with Crippen molar-refractivity contribution in [3.05, 3.63) is 54.1 Å². The van der Waals surface area contributed by atoms with Gasteiger partial charge in [-0.3, -0.25) is 4.79 Å². The van der Waals surface area contributed by atoms with Crippen LogP contribution >= 0.6 is 0 Å². The van der Waals surface area contributed by atoms with Crippen molar-refractivity contribution in [2.45, 2.75) is 116 Å². The van der Waals surface area contributed by atoms with Gasteiger partial charge in [0, 0.05) is 18.3 Å². The minimum atomic E-state index is -0.844. The molecule has 37 heavy (non-hydrogen) atoms. The van der Waals surface area contributed by atoms with E-state index in [-0.39, 0.29) is 5.92 Å². The monoisotopic (exact) mass is 503 g/mol. The Bertz CT molecular complexity index is 933. The fourth-order valence-corrected chi connectivity index (χ4v) is 5.44. The zero-order valence-corrected chi connectivity index (χ0v) is 22.7. The molecule has 2 aromatic rings. The predicted octanol–water partition coefficient (Wildman–Crippen LogP) is 8.35. The van der Waals surface area contributed by atoms with Gasteiger partial charge in [-0.15, -0.1) is 0 Å². The Morgan fingerprint density at radius 2 is 1.68 bits per heavy atom. The van der Waals surface area contributed by atoms with E-state index in [1.165, 1.54) is 76.2 Å². The zero-order valence-electron chi connectivity index (χ0n) is 22.7. The van der Waals surface area contributed by atoms with Gasteiger partial charge in [-0.2, -0.15) is 5.26 Å². The Labute approximate surface area is 224 Å². The van der Waals surface area contributed by atoms with Crippen molar-refractivity contribution in [2.24, 2.45) is 11.8 Å². The zero-order chi connectivity index (χ0) is 26.1. The van der Waals surface area contributed by atoms with Crippen LogP contribution in [0.25, 0.3) is 0 Å². The molecule has 1 aliphatic carbocycles. The van der Waals surface area contributed by atoms with Gasteiger partial charge < -0.3 is 4.74 Å². The molecule has 2 unspecified atom stereocenters. The molecule has 1 aliphatic rings. The first kappa shape index (κ1) is 28.8. The molecule has 5 heteroatoms. The number of nitrogens with zero attached hydrogens (tertiary/aromatic N) is 3. The number of carbonyl (C=O) groups is 1. The molecule has 1 heterocycles. The highest BCUT2D eigenvalue weighted by Crippen LogP contribution is 2.30. The van der Waals surface area contributed by atoms with E-state index in [0.717, 1.165) is 37.4 Å². The van der Waals surface area contributed by atoms with Gasteiger partial charge in [0.05, 0.1) is 6.07 Å². The highest BCUT2D eigenvalue weighted by atomic mass is 16.5. The third kappa shape index (κ3) is 10.6. The molecular weight excluding hydrogens is 458 g/mol. The quantitative estimate of drug-likeness (QED) is 0.123. The lowest BCUT2D eigenvalue weighted by Gasteiger charge is -2.18. The van der Waals surface area contributed by atoms with Gasteiger partial charge in [-0.25, -0.2) is 9.97 Å². The Morgan fingerprint density at radius 3 is 2.35 bits per heavy atom. The van der Waals surface area contributed by atoms with E-state index in [9.17, 15) is 10.1 Å². The molecule has 3 rings (SSSR count). The number of carbonyl (C=O) groups excluding carboxylic acids is 1. The SMILES string of the molecule is CCCCC(CC(C#N)C(=O)Oc1ccccc1)c1ncc(CCCCCCCCC2CCCC2)cn1. The van der Waals surface area contributed by atoms with Gasteiger partial charge in [0.2, 0.25) is 0 Å². The molecule has 1 saturated carbocycles. The maximum Gasteiger partial charge on any atom is 0.328 e. The van der Waals surface area contributed by atoms with E-state index in [1.54, 1.807) is 24.3 Å². The maximum absolute atomic E-state index is 12.6. The van der Waals surface area contributed by atoms with Gasteiger partial charge in [-0.05, 0) is 49.3 Å². The molecule has 0 N–H and O–H groups in total. The lowest BCUT2D eigenvalue weighted by Crippen LogP contribution is -2.22. The molecule has 2 atom stereocenters. The molecule has 200 valence electrons. The molecule has 1 aromatic heterocycles. The van der Waals surface area contributed by atoms with E-state index >= 15 is 0 Å². The van der Waals surface area contributed by atoms with E-state index in [4.69, 9.17) is 4.74 Å². The lowest BCUT2D eigenvalue weighted by molar-refractivity contribution is -0.137. The summed E-state index contributed by atoms with van der Waals surface area (Å²) in [7, 11) is 0. The number of esters is 1. The van der Waals surface area contributed by atoms with Crippen molar-refractivity contribution >= 4 is 5.97 Å². The lowest BCUT2D eigenvalue weighted by atomic mass is 9.90. The molecule has 5 nitrogen and oxygen atoms in total. The number of unbranched alkanes of at least 4 members (excludes halogenated alkanes) is 6. The van der Waals surface area contributed by atoms with E-state index in [0.29, 0.717) is 12.2 Å². The Balaban J connectivity index is 1.41. The summed E-state index contributed by atoms with van der Waals surface area (Å²) in [4.78, 5) is 22.0. The second kappa shape index (κ2) is 16.9. The van der Waals surface area contributed by atoms with E-state index < -0.39 is 11.9 Å². The van der Waals surface area contributed by atoms with E-state index in [1.807, 2.05) is 18.5 Å².